The van der Waals surface area contributed by atoms with E-state index in [9.17, 15) is 4.79 Å². The third-order valence-electron chi connectivity index (χ3n) is 4.99. The van der Waals surface area contributed by atoms with E-state index in [2.05, 4.69) is 27.8 Å². The molecule has 3 aromatic rings. The fourth-order valence-electron chi connectivity index (χ4n) is 3.66. The van der Waals surface area contributed by atoms with Crippen LogP contribution in [0.5, 0.6) is 0 Å². The number of para-hydroxylation sites is 1. The first-order valence-corrected chi connectivity index (χ1v) is 9.73. The highest BCUT2D eigenvalue weighted by molar-refractivity contribution is 7.07. The lowest BCUT2D eigenvalue weighted by atomic mass is 10.1. The van der Waals surface area contributed by atoms with Crippen molar-refractivity contribution in [3.05, 3.63) is 58.4 Å². The van der Waals surface area contributed by atoms with Crippen LogP contribution in [0, 0.1) is 0 Å². The number of aromatic nitrogens is 1. The van der Waals surface area contributed by atoms with Crippen molar-refractivity contribution in [3.8, 4) is 0 Å². The smallest absolute Gasteiger partial charge is 0.256 e. The van der Waals surface area contributed by atoms with Gasteiger partial charge in [0.15, 0.2) is 0 Å². The van der Waals surface area contributed by atoms with Crippen molar-refractivity contribution < 1.29 is 4.79 Å². The van der Waals surface area contributed by atoms with Crippen LogP contribution < -0.4 is 0 Å². The molecule has 1 aliphatic rings. The highest BCUT2D eigenvalue weighted by Crippen LogP contribution is 2.22. The van der Waals surface area contributed by atoms with Crippen LogP contribution in [-0.4, -0.2) is 46.5 Å². The number of rotatable bonds is 3. The minimum absolute atomic E-state index is 0.161. The van der Waals surface area contributed by atoms with Crippen molar-refractivity contribution in [2.24, 2.45) is 7.05 Å². The second-order valence-electron chi connectivity index (χ2n) is 6.72. The van der Waals surface area contributed by atoms with E-state index in [1.165, 1.54) is 5.56 Å². The molecule has 1 aliphatic heterocycles. The number of hydrogen-bond donors (Lipinski definition) is 0. The van der Waals surface area contributed by atoms with Gasteiger partial charge in [-0.2, -0.15) is 11.3 Å². The van der Waals surface area contributed by atoms with Crippen LogP contribution >= 0.6 is 11.3 Å². The summed E-state index contributed by atoms with van der Waals surface area (Å²) in [5.41, 5.74) is 3.31. The number of amides is 1. The van der Waals surface area contributed by atoms with Crippen LogP contribution in [0.1, 0.15) is 22.3 Å². The van der Waals surface area contributed by atoms with E-state index < -0.39 is 0 Å². The summed E-state index contributed by atoms with van der Waals surface area (Å²) in [6.45, 7) is 4.61. The molecular formula is C20H23N3OS. The zero-order chi connectivity index (χ0) is 17.2. The number of nitrogens with zero attached hydrogens (tertiary/aromatic N) is 3. The van der Waals surface area contributed by atoms with Crippen LogP contribution in [-0.2, 0) is 13.6 Å². The molecule has 1 aromatic carbocycles. The van der Waals surface area contributed by atoms with Crippen LogP contribution in [0.15, 0.2) is 47.3 Å². The molecular weight excluding hydrogens is 330 g/mol. The Kier molecular flexibility index (Phi) is 4.59. The van der Waals surface area contributed by atoms with Gasteiger partial charge in [-0.1, -0.05) is 18.2 Å². The molecule has 4 nitrogen and oxygen atoms in total. The molecule has 3 heterocycles. The minimum Gasteiger partial charge on any atom is -0.350 e. The largest absolute Gasteiger partial charge is 0.350 e. The van der Waals surface area contributed by atoms with E-state index in [1.807, 2.05) is 40.9 Å². The number of carbonyl (C=O) groups is 1. The number of fused-ring (bicyclic) bond motifs is 1. The second kappa shape index (κ2) is 7.02. The van der Waals surface area contributed by atoms with Crippen LogP contribution in [0.2, 0.25) is 0 Å². The van der Waals surface area contributed by atoms with Crippen molar-refractivity contribution in [1.29, 1.82) is 0 Å². The molecule has 0 bridgehead atoms. The van der Waals surface area contributed by atoms with Gasteiger partial charge in [0, 0.05) is 56.9 Å². The Bertz CT molecular complexity index is 868. The van der Waals surface area contributed by atoms with Gasteiger partial charge in [0.05, 0.1) is 5.56 Å². The van der Waals surface area contributed by atoms with Crippen LogP contribution in [0.4, 0.5) is 0 Å². The molecule has 0 saturated carbocycles. The van der Waals surface area contributed by atoms with Gasteiger partial charge in [-0.3, -0.25) is 9.69 Å². The number of aryl methyl sites for hydroxylation is 1. The average molecular weight is 353 g/mol. The maximum atomic E-state index is 13.1. The van der Waals surface area contributed by atoms with Crippen molar-refractivity contribution in [1.82, 2.24) is 14.4 Å². The van der Waals surface area contributed by atoms with E-state index >= 15 is 0 Å². The molecule has 1 amide bonds. The van der Waals surface area contributed by atoms with Gasteiger partial charge in [0.2, 0.25) is 0 Å². The van der Waals surface area contributed by atoms with Gasteiger partial charge < -0.3 is 9.47 Å². The van der Waals surface area contributed by atoms with E-state index in [-0.39, 0.29) is 5.91 Å². The molecule has 2 aromatic heterocycles. The molecule has 25 heavy (non-hydrogen) atoms. The Morgan fingerprint density at radius 1 is 1.12 bits per heavy atom. The van der Waals surface area contributed by atoms with Gasteiger partial charge in [0.1, 0.15) is 0 Å². The Balaban J connectivity index is 1.49. The van der Waals surface area contributed by atoms with E-state index in [0.29, 0.717) is 0 Å². The van der Waals surface area contributed by atoms with Crippen molar-refractivity contribution in [3.63, 3.8) is 0 Å². The quantitative estimate of drug-likeness (QED) is 0.720. The lowest BCUT2D eigenvalue weighted by Gasteiger charge is -2.21. The fraction of sp³-hybridized carbons (Fsp3) is 0.350. The monoisotopic (exact) mass is 353 g/mol. The lowest BCUT2D eigenvalue weighted by molar-refractivity contribution is 0.0763. The number of thiophene rings is 1. The summed E-state index contributed by atoms with van der Waals surface area (Å²) in [6.07, 6.45) is 3.00. The molecule has 4 rings (SSSR count). The maximum Gasteiger partial charge on any atom is 0.256 e. The summed E-state index contributed by atoms with van der Waals surface area (Å²) in [4.78, 5) is 17.6. The van der Waals surface area contributed by atoms with Gasteiger partial charge in [0.25, 0.3) is 5.91 Å². The third kappa shape index (κ3) is 3.34. The maximum absolute atomic E-state index is 13.1. The highest BCUT2D eigenvalue weighted by atomic mass is 32.1. The number of hydrogen-bond acceptors (Lipinski definition) is 3. The standard InChI is InChI=1S/C20H23N3OS/c1-21-14-18(17-5-2-3-6-19(17)21)20(24)23-9-4-8-22(10-11-23)13-16-7-12-25-15-16/h2-3,5-7,12,14-15H,4,8-11,13H2,1H3. The lowest BCUT2D eigenvalue weighted by Crippen LogP contribution is -2.35. The molecule has 0 aliphatic carbocycles. The molecule has 5 heteroatoms. The molecule has 0 N–H and O–H groups in total. The molecule has 130 valence electrons. The SMILES string of the molecule is Cn1cc(C(=O)N2CCCN(Cc3ccsc3)CC2)c2ccccc21. The molecule has 1 saturated heterocycles. The Morgan fingerprint density at radius 2 is 2.00 bits per heavy atom. The number of benzene rings is 1. The van der Waals surface area contributed by atoms with E-state index in [0.717, 1.165) is 55.6 Å². The molecule has 1 fully saturated rings. The Labute approximate surface area is 152 Å². The van der Waals surface area contributed by atoms with Gasteiger partial charge in [-0.25, -0.2) is 0 Å². The first-order valence-electron chi connectivity index (χ1n) is 8.79. The molecule has 0 unspecified atom stereocenters. The summed E-state index contributed by atoms with van der Waals surface area (Å²) in [5.74, 6) is 0.161. The summed E-state index contributed by atoms with van der Waals surface area (Å²) in [6, 6.07) is 10.3. The molecule has 0 radical (unpaired) electrons. The molecule has 0 atom stereocenters. The van der Waals surface area contributed by atoms with Crippen LogP contribution in [0.3, 0.4) is 0 Å². The number of carbonyl (C=O) groups excluding carboxylic acids is 1. The first kappa shape index (κ1) is 16.4. The minimum atomic E-state index is 0.161. The fourth-order valence-corrected chi connectivity index (χ4v) is 4.32. The molecule has 0 spiro atoms. The Morgan fingerprint density at radius 3 is 2.84 bits per heavy atom. The van der Waals surface area contributed by atoms with Crippen molar-refractivity contribution in [2.75, 3.05) is 26.2 Å². The highest BCUT2D eigenvalue weighted by Gasteiger charge is 2.23. The van der Waals surface area contributed by atoms with Crippen LogP contribution in [0.25, 0.3) is 10.9 Å². The second-order valence-corrected chi connectivity index (χ2v) is 7.50. The summed E-state index contributed by atoms with van der Waals surface area (Å²) in [7, 11) is 2.00. The summed E-state index contributed by atoms with van der Waals surface area (Å²) >= 11 is 1.75. The predicted octanol–water partition coefficient (Wildman–Crippen LogP) is 3.59. The van der Waals surface area contributed by atoms with Gasteiger partial charge in [-0.15, -0.1) is 0 Å². The Hall–Kier alpha value is -2.11. The van der Waals surface area contributed by atoms with Gasteiger partial charge >= 0.3 is 0 Å². The van der Waals surface area contributed by atoms with E-state index in [4.69, 9.17) is 0 Å². The van der Waals surface area contributed by atoms with Gasteiger partial charge in [-0.05, 0) is 34.9 Å². The summed E-state index contributed by atoms with van der Waals surface area (Å²) < 4.78 is 2.04. The zero-order valence-electron chi connectivity index (χ0n) is 14.5. The normalized spacial score (nSPS) is 16.3. The topological polar surface area (TPSA) is 28.5 Å². The first-order chi connectivity index (χ1) is 12.2. The van der Waals surface area contributed by atoms with E-state index in [1.54, 1.807) is 11.3 Å². The average Bonchev–Trinajstić information content (AvgIpc) is 3.18. The predicted molar refractivity (Wildman–Crippen MR) is 103 cm³/mol. The third-order valence-corrected chi connectivity index (χ3v) is 5.72. The summed E-state index contributed by atoms with van der Waals surface area (Å²) in [5, 5.41) is 5.39. The zero-order valence-corrected chi connectivity index (χ0v) is 15.3. The van der Waals surface area contributed by atoms with Crippen molar-refractivity contribution >= 4 is 28.1 Å². The van der Waals surface area contributed by atoms with Crippen molar-refractivity contribution in [2.45, 2.75) is 13.0 Å².